The van der Waals surface area contributed by atoms with Crippen molar-refractivity contribution in [2.24, 2.45) is 0 Å². The van der Waals surface area contributed by atoms with Gasteiger partial charge in [-0.2, -0.15) is 17.0 Å². The molecule has 0 unspecified atom stereocenters. The number of aliphatic carboxylic acids is 1. The molecule has 1 fully saturated rings. The van der Waals surface area contributed by atoms with Crippen molar-refractivity contribution in [2.45, 2.75) is 19.3 Å². The lowest BCUT2D eigenvalue weighted by atomic mass is 10.2. The van der Waals surface area contributed by atoms with Gasteiger partial charge in [0.1, 0.15) is 6.54 Å². The zero-order valence-corrected chi connectivity index (χ0v) is 12.4. The molecule has 19 heavy (non-hydrogen) atoms. The third-order valence-corrected chi connectivity index (χ3v) is 5.06. The molecule has 1 aliphatic rings. The number of carboxylic acid groups (broad SMARTS) is 1. The van der Waals surface area contributed by atoms with Crippen LogP contribution in [0.15, 0.2) is 0 Å². The number of likely N-dealkylation sites (N-methyl/N-ethyl adjacent to an activating group) is 1. The maximum absolute atomic E-state index is 12.4. The highest BCUT2D eigenvalue weighted by Crippen LogP contribution is 2.16. The Morgan fingerprint density at radius 2 is 1.74 bits per heavy atom. The van der Waals surface area contributed by atoms with E-state index in [4.69, 9.17) is 5.11 Å². The van der Waals surface area contributed by atoms with E-state index in [0.717, 1.165) is 23.6 Å². The molecule has 0 aromatic carbocycles. The summed E-state index contributed by atoms with van der Waals surface area (Å²) in [5, 5.41) is 8.87. The smallest absolute Gasteiger partial charge is 0.318 e. The monoisotopic (exact) mass is 293 g/mol. The highest BCUT2D eigenvalue weighted by Gasteiger charge is 2.31. The number of carbonyl (C=O) groups is 1. The average molecular weight is 293 g/mol. The summed E-state index contributed by atoms with van der Waals surface area (Å²) in [5.74, 6) is -1.13. The van der Waals surface area contributed by atoms with E-state index in [1.54, 1.807) is 0 Å². The Morgan fingerprint density at radius 1 is 1.16 bits per heavy atom. The third-order valence-electron chi connectivity index (χ3n) is 3.08. The van der Waals surface area contributed by atoms with Crippen molar-refractivity contribution < 1.29 is 18.3 Å². The van der Waals surface area contributed by atoms with Crippen LogP contribution in [-0.4, -0.2) is 79.8 Å². The van der Waals surface area contributed by atoms with E-state index in [0.29, 0.717) is 19.6 Å². The topological polar surface area (TPSA) is 81.2 Å². The number of piperidine rings is 1. The normalized spacial score (nSPS) is 18.1. The van der Waals surface area contributed by atoms with Crippen LogP contribution in [0.1, 0.15) is 19.3 Å². The van der Waals surface area contributed by atoms with Crippen LogP contribution in [0.2, 0.25) is 0 Å². The van der Waals surface area contributed by atoms with Crippen LogP contribution in [0, 0.1) is 0 Å². The molecule has 1 saturated heterocycles. The first kappa shape index (κ1) is 16.4. The predicted octanol–water partition coefficient (Wildman–Crippen LogP) is -0.335. The van der Waals surface area contributed by atoms with Crippen LogP contribution < -0.4 is 0 Å². The molecule has 8 heteroatoms. The molecule has 0 radical (unpaired) electrons. The Kier molecular flexibility index (Phi) is 6.18. The minimum Gasteiger partial charge on any atom is -0.480 e. The van der Waals surface area contributed by atoms with Crippen LogP contribution in [0.25, 0.3) is 0 Å². The van der Waals surface area contributed by atoms with Crippen LogP contribution >= 0.6 is 0 Å². The molecule has 0 aromatic heterocycles. The van der Waals surface area contributed by atoms with E-state index in [1.165, 1.54) is 4.31 Å². The molecule has 1 rings (SSSR count). The van der Waals surface area contributed by atoms with Gasteiger partial charge in [0.2, 0.25) is 0 Å². The van der Waals surface area contributed by atoms with Gasteiger partial charge < -0.3 is 10.0 Å². The van der Waals surface area contributed by atoms with E-state index in [-0.39, 0.29) is 6.54 Å². The molecule has 0 aliphatic carbocycles. The molecular formula is C11H23N3O4S. The van der Waals surface area contributed by atoms with Gasteiger partial charge in [-0.05, 0) is 26.9 Å². The number of hydrogen-bond acceptors (Lipinski definition) is 4. The Morgan fingerprint density at radius 3 is 2.21 bits per heavy atom. The van der Waals surface area contributed by atoms with Crippen molar-refractivity contribution >= 4 is 16.2 Å². The lowest BCUT2D eigenvalue weighted by molar-refractivity contribution is -0.137. The highest BCUT2D eigenvalue weighted by atomic mass is 32.2. The second-order valence-electron chi connectivity index (χ2n) is 5.00. The quantitative estimate of drug-likeness (QED) is 0.695. The summed E-state index contributed by atoms with van der Waals surface area (Å²) in [7, 11) is -0.00399. The molecule has 0 amide bonds. The molecular weight excluding hydrogens is 270 g/mol. The van der Waals surface area contributed by atoms with Gasteiger partial charge in [-0.15, -0.1) is 0 Å². The zero-order valence-electron chi connectivity index (χ0n) is 11.6. The van der Waals surface area contributed by atoms with Gasteiger partial charge in [-0.3, -0.25) is 4.79 Å². The maximum atomic E-state index is 12.4. The fourth-order valence-corrected chi connectivity index (χ4v) is 3.63. The maximum Gasteiger partial charge on any atom is 0.318 e. The van der Waals surface area contributed by atoms with Crippen LogP contribution in [0.3, 0.4) is 0 Å². The molecule has 0 spiro atoms. The summed E-state index contributed by atoms with van der Waals surface area (Å²) >= 11 is 0. The van der Waals surface area contributed by atoms with Crippen molar-refractivity contribution in [1.82, 2.24) is 13.5 Å². The Labute approximate surface area is 115 Å². The standard InChI is InChI=1S/C11H23N3O4S/c1-12(2)8-9-14(10-11(15)16)19(17,18)13-6-4-3-5-7-13/h3-10H2,1-2H3,(H,15,16). The summed E-state index contributed by atoms with van der Waals surface area (Å²) in [6, 6.07) is 0. The van der Waals surface area contributed by atoms with E-state index >= 15 is 0 Å². The van der Waals surface area contributed by atoms with Crippen molar-refractivity contribution in [3.05, 3.63) is 0 Å². The summed E-state index contributed by atoms with van der Waals surface area (Å²) < 4.78 is 27.3. The Hall–Kier alpha value is -0.700. The summed E-state index contributed by atoms with van der Waals surface area (Å²) in [4.78, 5) is 12.7. The van der Waals surface area contributed by atoms with E-state index in [2.05, 4.69) is 0 Å². The molecule has 0 bridgehead atoms. The fourth-order valence-electron chi connectivity index (χ4n) is 2.00. The van der Waals surface area contributed by atoms with Crippen molar-refractivity contribution in [2.75, 3.05) is 46.8 Å². The van der Waals surface area contributed by atoms with Crippen molar-refractivity contribution in [3.63, 3.8) is 0 Å². The molecule has 0 aromatic rings. The van der Waals surface area contributed by atoms with Crippen molar-refractivity contribution in [3.8, 4) is 0 Å². The van der Waals surface area contributed by atoms with E-state index < -0.39 is 22.7 Å². The lowest BCUT2D eigenvalue weighted by Crippen LogP contribution is -2.49. The van der Waals surface area contributed by atoms with E-state index in [9.17, 15) is 13.2 Å². The molecule has 1 aliphatic heterocycles. The molecule has 7 nitrogen and oxygen atoms in total. The predicted molar refractivity (Wildman–Crippen MR) is 72.1 cm³/mol. The van der Waals surface area contributed by atoms with Gasteiger partial charge in [-0.25, -0.2) is 0 Å². The van der Waals surface area contributed by atoms with Crippen LogP contribution in [0.5, 0.6) is 0 Å². The Balaban J connectivity index is 2.77. The number of carboxylic acids is 1. The molecule has 112 valence electrons. The summed E-state index contributed by atoms with van der Waals surface area (Å²) in [5.41, 5.74) is 0. The molecule has 0 saturated carbocycles. The van der Waals surface area contributed by atoms with Crippen LogP contribution in [-0.2, 0) is 15.0 Å². The van der Waals surface area contributed by atoms with E-state index in [1.807, 2.05) is 19.0 Å². The number of hydrogen-bond donors (Lipinski definition) is 1. The lowest BCUT2D eigenvalue weighted by Gasteiger charge is -2.31. The Bertz CT molecular complexity index is 391. The SMILES string of the molecule is CN(C)CCN(CC(=O)O)S(=O)(=O)N1CCCCC1. The first-order valence-electron chi connectivity index (χ1n) is 6.46. The third kappa shape index (κ3) is 5.06. The second kappa shape index (κ2) is 7.18. The fraction of sp³-hybridized carbons (Fsp3) is 0.909. The van der Waals surface area contributed by atoms with Gasteiger partial charge in [0.25, 0.3) is 10.2 Å². The second-order valence-corrected chi connectivity index (χ2v) is 6.93. The minimum atomic E-state index is -3.66. The minimum absolute atomic E-state index is 0.193. The average Bonchev–Trinajstić information content (AvgIpc) is 2.34. The summed E-state index contributed by atoms with van der Waals surface area (Å²) in [6.45, 7) is 1.19. The number of rotatable bonds is 7. The largest absolute Gasteiger partial charge is 0.480 e. The summed E-state index contributed by atoms with van der Waals surface area (Å²) in [6.07, 6.45) is 2.71. The highest BCUT2D eigenvalue weighted by molar-refractivity contribution is 7.86. The van der Waals surface area contributed by atoms with Gasteiger partial charge in [0, 0.05) is 26.2 Å². The first-order chi connectivity index (χ1) is 8.84. The molecule has 0 atom stereocenters. The van der Waals surface area contributed by atoms with Gasteiger partial charge in [0.05, 0.1) is 0 Å². The zero-order chi connectivity index (χ0) is 14.5. The van der Waals surface area contributed by atoms with Gasteiger partial charge >= 0.3 is 5.97 Å². The van der Waals surface area contributed by atoms with Gasteiger partial charge in [0.15, 0.2) is 0 Å². The van der Waals surface area contributed by atoms with Gasteiger partial charge in [-0.1, -0.05) is 6.42 Å². The number of nitrogens with zero attached hydrogens (tertiary/aromatic N) is 3. The van der Waals surface area contributed by atoms with Crippen LogP contribution in [0.4, 0.5) is 0 Å². The molecule has 1 heterocycles. The first-order valence-corrected chi connectivity index (χ1v) is 7.85. The molecule has 1 N–H and O–H groups in total. The van der Waals surface area contributed by atoms with Crippen molar-refractivity contribution in [1.29, 1.82) is 0 Å².